The van der Waals surface area contributed by atoms with Crippen molar-refractivity contribution in [3.63, 3.8) is 0 Å². The van der Waals surface area contributed by atoms with Crippen molar-refractivity contribution >= 4 is 0 Å². The van der Waals surface area contributed by atoms with E-state index in [0.29, 0.717) is 0 Å². The van der Waals surface area contributed by atoms with Gasteiger partial charge in [0.05, 0.1) is 4.92 Å². The highest BCUT2D eigenvalue weighted by Crippen LogP contribution is 2.06. The van der Waals surface area contributed by atoms with Gasteiger partial charge in [-0.05, 0) is 30.9 Å². The van der Waals surface area contributed by atoms with Crippen molar-refractivity contribution in [1.29, 1.82) is 0 Å². The van der Waals surface area contributed by atoms with Crippen LogP contribution in [0.3, 0.4) is 0 Å². The van der Waals surface area contributed by atoms with Crippen LogP contribution in [0.4, 0.5) is 0 Å². The molecule has 0 radical (unpaired) electrons. The van der Waals surface area contributed by atoms with Crippen LogP contribution in [0.1, 0.15) is 25.3 Å². The normalized spacial score (nSPS) is 11.4. The molecule has 80 valence electrons. The Balaban J connectivity index is 2.29. The van der Waals surface area contributed by atoms with Gasteiger partial charge in [-0.3, -0.25) is 10.1 Å². The molecule has 0 heterocycles. The molecule has 3 nitrogen and oxygen atoms in total. The molecule has 0 aliphatic carbocycles. The summed E-state index contributed by atoms with van der Waals surface area (Å²) in [5.41, 5.74) is 1.52. The minimum absolute atomic E-state index is 0.239. The Morgan fingerprint density at radius 2 is 2.07 bits per heavy atom. The second kappa shape index (κ2) is 5.96. The molecule has 0 spiro atoms. The summed E-state index contributed by atoms with van der Waals surface area (Å²) in [6.07, 6.45) is 4.38. The second-order valence-electron chi connectivity index (χ2n) is 3.48. The highest BCUT2D eigenvalue weighted by molar-refractivity contribution is 5.14. The molecule has 1 rings (SSSR count). The van der Waals surface area contributed by atoms with E-state index >= 15 is 0 Å². The first-order valence-electron chi connectivity index (χ1n) is 5.05. The number of nitro groups is 1. The Bertz CT molecular complexity index is 344. The molecule has 0 saturated carbocycles. The van der Waals surface area contributed by atoms with Crippen molar-refractivity contribution in [3.8, 4) is 0 Å². The molecule has 0 aliphatic heterocycles. The van der Waals surface area contributed by atoms with E-state index in [0.717, 1.165) is 19.3 Å². The van der Waals surface area contributed by atoms with E-state index in [9.17, 15) is 10.1 Å². The first-order chi connectivity index (χ1) is 7.20. The first-order valence-corrected chi connectivity index (χ1v) is 5.05. The van der Waals surface area contributed by atoms with E-state index in [-0.39, 0.29) is 10.6 Å². The molecule has 3 heteroatoms. The lowest BCUT2D eigenvalue weighted by atomic mass is 10.1. The molecular weight excluding hydrogens is 190 g/mol. The number of rotatable bonds is 5. The lowest BCUT2D eigenvalue weighted by Gasteiger charge is -1.97. The van der Waals surface area contributed by atoms with Crippen molar-refractivity contribution in [1.82, 2.24) is 0 Å². The third-order valence-electron chi connectivity index (χ3n) is 2.24. The summed E-state index contributed by atoms with van der Waals surface area (Å²) in [5.74, 6) is 0. The zero-order valence-electron chi connectivity index (χ0n) is 8.85. The smallest absolute Gasteiger partial charge is 0.239 e. The van der Waals surface area contributed by atoms with Crippen LogP contribution < -0.4 is 0 Å². The Morgan fingerprint density at radius 1 is 1.40 bits per heavy atom. The van der Waals surface area contributed by atoms with E-state index in [1.54, 1.807) is 6.08 Å². The van der Waals surface area contributed by atoms with E-state index in [1.165, 1.54) is 12.5 Å². The summed E-state index contributed by atoms with van der Waals surface area (Å²) < 4.78 is 0. The van der Waals surface area contributed by atoms with Gasteiger partial charge in [0, 0.05) is 6.92 Å². The van der Waals surface area contributed by atoms with Crippen LogP contribution in [-0.2, 0) is 6.42 Å². The number of unbranched alkanes of at least 4 members (excludes halogenated alkanes) is 1. The number of benzene rings is 1. The van der Waals surface area contributed by atoms with Crippen LogP contribution in [0.2, 0.25) is 0 Å². The van der Waals surface area contributed by atoms with Gasteiger partial charge in [-0.25, -0.2) is 0 Å². The molecule has 1 aromatic rings. The average molecular weight is 205 g/mol. The van der Waals surface area contributed by atoms with Gasteiger partial charge in [0.1, 0.15) is 0 Å². The highest BCUT2D eigenvalue weighted by atomic mass is 16.6. The standard InChI is InChI=1S/C12H15NO2/c1-11(13(14)15)7-5-6-10-12-8-3-2-4-9-12/h2-4,7-9H,5-6,10H2,1H3/b11-7-. The lowest BCUT2D eigenvalue weighted by molar-refractivity contribution is -0.424. The second-order valence-corrected chi connectivity index (χ2v) is 3.48. The molecule has 0 N–H and O–H groups in total. The van der Waals surface area contributed by atoms with Crippen LogP contribution in [-0.4, -0.2) is 4.92 Å². The van der Waals surface area contributed by atoms with E-state index in [4.69, 9.17) is 0 Å². The van der Waals surface area contributed by atoms with E-state index < -0.39 is 0 Å². The predicted octanol–water partition coefficient (Wildman–Crippen LogP) is 3.19. The van der Waals surface area contributed by atoms with Gasteiger partial charge in [0.25, 0.3) is 0 Å². The molecule has 0 unspecified atom stereocenters. The number of aryl methyl sites for hydroxylation is 1. The Hall–Kier alpha value is -1.64. The molecule has 0 aromatic heterocycles. The molecular formula is C12H15NO2. The van der Waals surface area contributed by atoms with Crippen LogP contribution in [0.5, 0.6) is 0 Å². The minimum Gasteiger partial charge on any atom is -0.259 e. The number of hydrogen-bond donors (Lipinski definition) is 0. The fourth-order valence-corrected chi connectivity index (χ4v) is 1.34. The van der Waals surface area contributed by atoms with E-state index in [1.807, 2.05) is 18.2 Å². The van der Waals surface area contributed by atoms with Crippen molar-refractivity contribution in [2.75, 3.05) is 0 Å². The molecule has 1 aromatic carbocycles. The summed E-state index contributed by atoms with van der Waals surface area (Å²) in [5, 5.41) is 10.3. The maximum absolute atomic E-state index is 10.3. The number of nitrogens with zero attached hydrogens (tertiary/aromatic N) is 1. The van der Waals surface area contributed by atoms with Crippen LogP contribution in [0, 0.1) is 10.1 Å². The topological polar surface area (TPSA) is 43.1 Å². The molecule has 0 atom stereocenters. The Kier molecular flexibility index (Phi) is 4.54. The maximum atomic E-state index is 10.3. The Labute approximate surface area is 89.6 Å². The predicted molar refractivity (Wildman–Crippen MR) is 60.1 cm³/mol. The van der Waals surface area contributed by atoms with Crippen LogP contribution in [0.25, 0.3) is 0 Å². The zero-order chi connectivity index (χ0) is 11.1. The van der Waals surface area contributed by atoms with Gasteiger partial charge in [0.15, 0.2) is 0 Å². The quantitative estimate of drug-likeness (QED) is 0.421. The molecule has 15 heavy (non-hydrogen) atoms. The summed E-state index contributed by atoms with van der Waals surface area (Å²) in [7, 11) is 0. The maximum Gasteiger partial charge on any atom is 0.239 e. The largest absolute Gasteiger partial charge is 0.259 e. The molecule has 0 fully saturated rings. The van der Waals surface area contributed by atoms with Crippen molar-refractivity contribution in [2.45, 2.75) is 26.2 Å². The van der Waals surface area contributed by atoms with Crippen molar-refractivity contribution in [2.24, 2.45) is 0 Å². The van der Waals surface area contributed by atoms with Gasteiger partial charge in [0.2, 0.25) is 5.70 Å². The summed E-state index contributed by atoms with van der Waals surface area (Å²) in [6, 6.07) is 10.1. The SMILES string of the molecule is C/C(=C/CCCc1ccccc1)[N+](=O)[O-]. The molecule has 0 bridgehead atoms. The van der Waals surface area contributed by atoms with Crippen molar-refractivity contribution in [3.05, 3.63) is 57.8 Å². The highest BCUT2D eigenvalue weighted by Gasteiger charge is 1.99. The third-order valence-corrected chi connectivity index (χ3v) is 2.24. The van der Waals surface area contributed by atoms with Crippen LogP contribution in [0.15, 0.2) is 42.1 Å². The summed E-state index contributed by atoms with van der Waals surface area (Å²) >= 11 is 0. The van der Waals surface area contributed by atoms with Crippen LogP contribution >= 0.6 is 0 Å². The van der Waals surface area contributed by atoms with Gasteiger partial charge in [-0.1, -0.05) is 30.3 Å². The van der Waals surface area contributed by atoms with Crippen molar-refractivity contribution < 1.29 is 4.92 Å². The number of allylic oxidation sites excluding steroid dienone is 2. The van der Waals surface area contributed by atoms with Gasteiger partial charge >= 0.3 is 0 Å². The van der Waals surface area contributed by atoms with Gasteiger partial charge in [-0.15, -0.1) is 0 Å². The average Bonchev–Trinajstić information content (AvgIpc) is 2.25. The van der Waals surface area contributed by atoms with Gasteiger partial charge < -0.3 is 0 Å². The van der Waals surface area contributed by atoms with Gasteiger partial charge in [-0.2, -0.15) is 0 Å². The Morgan fingerprint density at radius 3 is 2.67 bits per heavy atom. The lowest BCUT2D eigenvalue weighted by Crippen LogP contribution is -1.93. The fraction of sp³-hybridized carbons (Fsp3) is 0.333. The fourth-order valence-electron chi connectivity index (χ4n) is 1.34. The summed E-state index contributed by atoms with van der Waals surface area (Å²) in [4.78, 5) is 9.96. The summed E-state index contributed by atoms with van der Waals surface area (Å²) in [6.45, 7) is 1.53. The van der Waals surface area contributed by atoms with E-state index in [2.05, 4.69) is 12.1 Å². The molecule has 0 amide bonds. The molecule has 0 saturated heterocycles. The molecule has 0 aliphatic rings. The minimum atomic E-state index is -0.345. The monoisotopic (exact) mass is 205 g/mol. The third kappa shape index (κ3) is 4.40. The number of hydrogen-bond acceptors (Lipinski definition) is 2. The first kappa shape index (κ1) is 11.4. The zero-order valence-corrected chi connectivity index (χ0v) is 8.85.